The summed E-state index contributed by atoms with van der Waals surface area (Å²) in [5.41, 5.74) is 5.24. The Morgan fingerprint density at radius 2 is 1.45 bits per heavy atom. The van der Waals surface area contributed by atoms with E-state index in [2.05, 4.69) is 66.7 Å². The fourth-order valence-electron chi connectivity index (χ4n) is 4.74. The fourth-order valence-corrected chi connectivity index (χ4v) is 4.74. The highest BCUT2D eigenvalue weighted by Crippen LogP contribution is 2.38. The Hall–Kier alpha value is -3.78. The van der Waals surface area contributed by atoms with Gasteiger partial charge in [-0.15, -0.1) is 0 Å². The maximum absolute atomic E-state index is 13.8. The zero-order chi connectivity index (χ0) is 20.9. The number of allylic oxidation sites excluding steroid dienone is 1. The van der Waals surface area contributed by atoms with Crippen molar-refractivity contribution in [1.82, 2.24) is 0 Å². The molecule has 6 rings (SSSR count). The molecule has 0 aromatic heterocycles. The van der Waals surface area contributed by atoms with Crippen molar-refractivity contribution in [2.45, 2.75) is 5.92 Å². The van der Waals surface area contributed by atoms with Gasteiger partial charge in [-0.1, -0.05) is 72.8 Å². The Kier molecular flexibility index (Phi) is 4.00. The van der Waals surface area contributed by atoms with Crippen molar-refractivity contribution in [2.24, 2.45) is 0 Å². The summed E-state index contributed by atoms with van der Waals surface area (Å²) in [6, 6.07) is 28.9. The molecule has 5 aromatic rings. The van der Waals surface area contributed by atoms with Crippen LogP contribution in [0.25, 0.3) is 38.7 Å². The van der Waals surface area contributed by atoms with Gasteiger partial charge in [0.2, 0.25) is 0 Å². The minimum atomic E-state index is -0.567. The van der Waals surface area contributed by atoms with Crippen LogP contribution in [0.15, 0.2) is 97.1 Å². The Balaban J connectivity index is 1.50. The summed E-state index contributed by atoms with van der Waals surface area (Å²) < 4.78 is 27.6. The molecule has 0 nitrogen and oxygen atoms in total. The first-order valence-electron chi connectivity index (χ1n) is 10.4. The third kappa shape index (κ3) is 3.03. The monoisotopic (exact) mass is 404 g/mol. The van der Waals surface area contributed by atoms with E-state index in [-0.39, 0.29) is 5.92 Å². The van der Waals surface area contributed by atoms with Gasteiger partial charge in [-0.05, 0) is 73.6 Å². The second-order valence-electron chi connectivity index (χ2n) is 8.11. The molecule has 31 heavy (non-hydrogen) atoms. The van der Waals surface area contributed by atoms with E-state index >= 15 is 0 Å². The largest absolute Gasteiger partial charge is 0.207 e. The van der Waals surface area contributed by atoms with Gasteiger partial charge in [-0.25, -0.2) is 8.78 Å². The molecule has 0 aliphatic heterocycles. The third-order valence-corrected chi connectivity index (χ3v) is 6.19. The van der Waals surface area contributed by atoms with E-state index in [0.29, 0.717) is 5.56 Å². The molecule has 0 radical (unpaired) electrons. The van der Waals surface area contributed by atoms with Crippen LogP contribution in [0.5, 0.6) is 0 Å². The van der Waals surface area contributed by atoms with Crippen molar-refractivity contribution >= 4 is 27.6 Å². The van der Waals surface area contributed by atoms with E-state index in [0.717, 1.165) is 33.2 Å². The molecule has 1 unspecified atom stereocenters. The van der Waals surface area contributed by atoms with Crippen LogP contribution in [0.1, 0.15) is 22.6 Å². The number of benzene rings is 5. The van der Waals surface area contributed by atoms with Gasteiger partial charge in [0, 0.05) is 12.0 Å². The van der Waals surface area contributed by atoms with Crippen LogP contribution < -0.4 is 0 Å². The van der Waals surface area contributed by atoms with Crippen LogP contribution >= 0.6 is 0 Å². The average molecular weight is 404 g/mol. The van der Waals surface area contributed by atoms with E-state index in [1.807, 2.05) is 18.2 Å². The second kappa shape index (κ2) is 6.88. The fraction of sp³-hybridized carbons (Fsp3) is 0.0345. The zero-order valence-electron chi connectivity index (χ0n) is 16.6. The lowest BCUT2D eigenvalue weighted by molar-refractivity contribution is 0.584. The molecule has 0 heterocycles. The molecule has 1 atom stereocenters. The second-order valence-corrected chi connectivity index (χ2v) is 8.11. The molecule has 1 aliphatic rings. The molecule has 2 heteroatoms. The summed E-state index contributed by atoms with van der Waals surface area (Å²) >= 11 is 0. The SMILES string of the molecule is Fc1cc(F)cc(-c2cccc3cc4cc(C5C=Cc6ccccc65)ccc4cc23)c1. The minimum Gasteiger partial charge on any atom is -0.207 e. The van der Waals surface area contributed by atoms with Gasteiger partial charge in [0.1, 0.15) is 11.6 Å². The van der Waals surface area contributed by atoms with E-state index in [1.165, 1.54) is 28.8 Å². The topological polar surface area (TPSA) is 0 Å². The molecular weight excluding hydrogens is 386 g/mol. The normalized spacial score (nSPS) is 15.0. The summed E-state index contributed by atoms with van der Waals surface area (Å²) in [6.07, 6.45) is 4.44. The highest BCUT2D eigenvalue weighted by Gasteiger charge is 2.19. The predicted molar refractivity (Wildman–Crippen MR) is 124 cm³/mol. The first-order valence-corrected chi connectivity index (χ1v) is 10.4. The van der Waals surface area contributed by atoms with E-state index in [4.69, 9.17) is 0 Å². The summed E-state index contributed by atoms with van der Waals surface area (Å²) in [4.78, 5) is 0. The summed E-state index contributed by atoms with van der Waals surface area (Å²) in [7, 11) is 0. The van der Waals surface area contributed by atoms with Crippen LogP contribution in [0, 0.1) is 11.6 Å². The number of fused-ring (bicyclic) bond motifs is 3. The molecule has 0 saturated heterocycles. The lowest BCUT2D eigenvalue weighted by atomic mass is 9.90. The standard InChI is InChI=1S/C29H18F2/c30-24-14-23(15-25(31)17-24)27-7-3-5-20-12-22-13-21(9-8-19(22)16-29(20)27)28-11-10-18-4-1-2-6-26(18)28/h1-17,28H. The minimum absolute atomic E-state index is 0.262. The molecule has 0 spiro atoms. The first-order chi connectivity index (χ1) is 15.2. The number of rotatable bonds is 2. The van der Waals surface area contributed by atoms with Gasteiger partial charge in [0.15, 0.2) is 0 Å². The summed E-state index contributed by atoms with van der Waals surface area (Å²) in [5.74, 6) is -0.873. The highest BCUT2D eigenvalue weighted by molar-refractivity contribution is 6.05. The lowest BCUT2D eigenvalue weighted by Gasteiger charge is -2.14. The first kappa shape index (κ1) is 18.0. The molecule has 1 aliphatic carbocycles. The third-order valence-electron chi connectivity index (χ3n) is 6.19. The van der Waals surface area contributed by atoms with Gasteiger partial charge in [0.25, 0.3) is 0 Å². The van der Waals surface area contributed by atoms with Gasteiger partial charge in [-0.3, -0.25) is 0 Å². The van der Waals surface area contributed by atoms with Crippen LogP contribution in [0.4, 0.5) is 8.78 Å². The smallest absolute Gasteiger partial charge is 0.126 e. The summed E-state index contributed by atoms with van der Waals surface area (Å²) in [6.45, 7) is 0. The van der Waals surface area contributed by atoms with Gasteiger partial charge in [0.05, 0.1) is 0 Å². The molecule has 148 valence electrons. The average Bonchev–Trinajstić information content (AvgIpc) is 3.20. The van der Waals surface area contributed by atoms with Crippen molar-refractivity contribution in [3.05, 3.63) is 125 Å². The Bertz CT molecular complexity index is 1490. The molecule has 0 N–H and O–H groups in total. The Morgan fingerprint density at radius 1 is 0.613 bits per heavy atom. The number of hydrogen-bond acceptors (Lipinski definition) is 0. The van der Waals surface area contributed by atoms with Crippen molar-refractivity contribution in [3.63, 3.8) is 0 Å². The maximum Gasteiger partial charge on any atom is 0.126 e. The van der Waals surface area contributed by atoms with Crippen molar-refractivity contribution in [3.8, 4) is 11.1 Å². The highest BCUT2D eigenvalue weighted by atomic mass is 19.1. The maximum atomic E-state index is 13.8. The lowest BCUT2D eigenvalue weighted by Crippen LogP contribution is -1.95. The molecule has 0 fully saturated rings. The molecule has 0 amide bonds. The van der Waals surface area contributed by atoms with Crippen LogP contribution in [0.2, 0.25) is 0 Å². The Morgan fingerprint density at radius 3 is 2.32 bits per heavy atom. The molecule has 0 saturated carbocycles. The van der Waals surface area contributed by atoms with Gasteiger partial charge in [-0.2, -0.15) is 0 Å². The zero-order valence-corrected chi connectivity index (χ0v) is 16.6. The molecule has 0 bridgehead atoms. The van der Waals surface area contributed by atoms with Gasteiger partial charge < -0.3 is 0 Å². The number of halogens is 2. The molecule has 5 aromatic carbocycles. The number of hydrogen-bond donors (Lipinski definition) is 0. The summed E-state index contributed by atoms with van der Waals surface area (Å²) in [5, 5.41) is 4.30. The molecular formula is C29H18F2. The van der Waals surface area contributed by atoms with E-state index < -0.39 is 11.6 Å². The van der Waals surface area contributed by atoms with Crippen molar-refractivity contribution in [2.75, 3.05) is 0 Å². The van der Waals surface area contributed by atoms with Crippen LogP contribution in [-0.2, 0) is 0 Å². The Labute approximate surface area is 179 Å². The van der Waals surface area contributed by atoms with E-state index in [9.17, 15) is 8.78 Å². The van der Waals surface area contributed by atoms with Crippen LogP contribution in [-0.4, -0.2) is 0 Å². The van der Waals surface area contributed by atoms with Gasteiger partial charge >= 0.3 is 0 Å². The van der Waals surface area contributed by atoms with E-state index in [1.54, 1.807) is 0 Å². The quantitative estimate of drug-likeness (QED) is 0.261. The van der Waals surface area contributed by atoms with Crippen molar-refractivity contribution < 1.29 is 8.78 Å². The van der Waals surface area contributed by atoms with Crippen molar-refractivity contribution in [1.29, 1.82) is 0 Å². The predicted octanol–water partition coefficient (Wildman–Crippen LogP) is 8.10. The van der Waals surface area contributed by atoms with Crippen LogP contribution in [0.3, 0.4) is 0 Å².